The highest BCUT2D eigenvalue weighted by atomic mass is 16.4. The molecule has 1 aromatic rings. The predicted molar refractivity (Wildman–Crippen MR) is 60.1 cm³/mol. The van der Waals surface area contributed by atoms with Crippen LogP contribution in [0.2, 0.25) is 0 Å². The summed E-state index contributed by atoms with van der Waals surface area (Å²) in [6.45, 7) is -0.0792. The van der Waals surface area contributed by atoms with Gasteiger partial charge in [-0.3, -0.25) is 9.59 Å². The van der Waals surface area contributed by atoms with Crippen molar-refractivity contribution in [3.8, 4) is 0 Å². The van der Waals surface area contributed by atoms with E-state index < -0.39 is 29.6 Å². The maximum absolute atomic E-state index is 12.1. The van der Waals surface area contributed by atoms with Crippen LogP contribution in [0.1, 0.15) is 16.8 Å². The van der Waals surface area contributed by atoms with E-state index in [-0.39, 0.29) is 18.5 Å². The van der Waals surface area contributed by atoms with Crippen LogP contribution in [-0.4, -0.2) is 50.7 Å². The third-order valence-corrected chi connectivity index (χ3v) is 2.87. The van der Waals surface area contributed by atoms with E-state index in [1.807, 2.05) is 0 Å². The normalized spacial score (nSPS) is 23.1. The second-order valence-corrected chi connectivity index (χ2v) is 4.11. The number of aliphatic hydroxyl groups excluding tert-OH is 1. The Hall–Kier alpha value is -2.15. The van der Waals surface area contributed by atoms with Crippen LogP contribution in [0.4, 0.5) is 0 Å². The molecule has 2 rings (SSSR count). The Kier molecular flexibility index (Phi) is 3.15. The lowest BCUT2D eigenvalue weighted by atomic mass is 10.2. The van der Waals surface area contributed by atoms with Gasteiger partial charge in [-0.1, -0.05) is 0 Å². The van der Waals surface area contributed by atoms with Crippen molar-refractivity contribution in [1.82, 2.24) is 9.88 Å². The largest absolute Gasteiger partial charge is 0.480 e. The summed E-state index contributed by atoms with van der Waals surface area (Å²) in [7, 11) is 0. The summed E-state index contributed by atoms with van der Waals surface area (Å²) in [5, 5.41) is 18.4. The molecule has 3 N–H and O–H groups in total. The van der Waals surface area contributed by atoms with E-state index in [4.69, 9.17) is 5.11 Å². The van der Waals surface area contributed by atoms with Gasteiger partial charge in [-0.25, -0.2) is 4.79 Å². The number of aliphatic hydroxyl groups is 1. The zero-order valence-electron chi connectivity index (χ0n) is 9.37. The minimum Gasteiger partial charge on any atom is -0.480 e. The van der Waals surface area contributed by atoms with Crippen molar-refractivity contribution in [3.63, 3.8) is 0 Å². The van der Waals surface area contributed by atoms with Crippen molar-refractivity contribution < 1.29 is 19.8 Å². The topological polar surface area (TPSA) is 111 Å². The Balaban J connectivity index is 2.31. The first-order chi connectivity index (χ1) is 8.50. The number of aliphatic carboxylic acids is 1. The lowest BCUT2D eigenvalue weighted by Gasteiger charge is -2.20. The first kappa shape index (κ1) is 12.3. The van der Waals surface area contributed by atoms with Crippen LogP contribution < -0.4 is 5.56 Å². The van der Waals surface area contributed by atoms with Gasteiger partial charge in [-0.2, -0.15) is 0 Å². The molecule has 1 aliphatic heterocycles. The van der Waals surface area contributed by atoms with Crippen LogP contribution in [0.3, 0.4) is 0 Å². The second-order valence-electron chi connectivity index (χ2n) is 4.11. The molecule has 1 amide bonds. The van der Waals surface area contributed by atoms with Crippen LogP contribution in [-0.2, 0) is 4.79 Å². The number of hydrogen-bond acceptors (Lipinski definition) is 4. The number of carbonyl (C=O) groups excluding carboxylic acids is 1. The molecule has 1 saturated heterocycles. The maximum Gasteiger partial charge on any atom is 0.326 e. The van der Waals surface area contributed by atoms with E-state index in [2.05, 4.69) is 4.98 Å². The van der Waals surface area contributed by atoms with E-state index in [9.17, 15) is 19.5 Å². The number of aromatic nitrogens is 1. The zero-order valence-corrected chi connectivity index (χ0v) is 9.37. The molecule has 1 aliphatic rings. The van der Waals surface area contributed by atoms with Gasteiger partial charge < -0.3 is 20.1 Å². The van der Waals surface area contributed by atoms with Gasteiger partial charge in [0.2, 0.25) is 0 Å². The first-order valence-electron chi connectivity index (χ1n) is 5.40. The highest BCUT2D eigenvalue weighted by molar-refractivity contribution is 5.96. The summed E-state index contributed by atoms with van der Waals surface area (Å²) >= 11 is 0. The molecule has 0 aromatic carbocycles. The molecule has 2 atom stereocenters. The van der Waals surface area contributed by atoms with Gasteiger partial charge >= 0.3 is 5.97 Å². The molecule has 7 nitrogen and oxygen atoms in total. The Bertz CT molecular complexity index is 538. The van der Waals surface area contributed by atoms with E-state index in [1.54, 1.807) is 0 Å². The highest BCUT2D eigenvalue weighted by Gasteiger charge is 2.39. The average Bonchev–Trinajstić information content (AvgIpc) is 2.71. The van der Waals surface area contributed by atoms with Crippen molar-refractivity contribution in [3.05, 3.63) is 34.2 Å². The van der Waals surface area contributed by atoms with Gasteiger partial charge in [0.05, 0.1) is 6.10 Å². The number of rotatable bonds is 2. The van der Waals surface area contributed by atoms with Crippen LogP contribution in [0.25, 0.3) is 0 Å². The van der Waals surface area contributed by atoms with Gasteiger partial charge in [0.25, 0.3) is 11.5 Å². The quantitative estimate of drug-likeness (QED) is 0.627. The van der Waals surface area contributed by atoms with Gasteiger partial charge in [-0.15, -0.1) is 0 Å². The number of carboxylic acids is 1. The summed E-state index contributed by atoms with van der Waals surface area (Å²) < 4.78 is 0. The molecule has 18 heavy (non-hydrogen) atoms. The SMILES string of the molecule is O=C(O)[C@@H]1C[C@@H](O)CN1C(=O)c1ccc[nH]c1=O. The number of nitrogens with one attached hydrogen (secondary N) is 1. The number of likely N-dealkylation sites (tertiary alicyclic amines) is 1. The van der Waals surface area contributed by atoms with Crippen molar-refractivity contribution in [1.29, 1.82) is 0 Å². The molecule has 0 saturated carbocycles. The fourth-order valence-corrected chi connectivity index (χ4v) is 2.02. The molecule has 2 heterocycles. The van der Waals surface area contributed by atoms with Crippen molar-refractivity contribution in [2.75, 3.05) is 6.54 Å². The Labute approximate surface area is 102 Å². The van der Waals surface area contributed by atoms with Crippen LogP contribution in [0, 0.1) is 0 Å². The average molecular weight is 252 g/mol. The fraction of sp³-hybridized carbons (Fsp3) is 0.364. The van der Waals surface area contributed by atoms with E-state index in [1.165, 1.54) is 18.3 Å². The van der Waals surface area contributed by atoms with E-state index in [0.717, 1.165) is 4.90 Å². The summed E-state index contributed by atoms with van der Waals surface area (Å²) in [6.07, 6.45) is 0.483. The molecule has 96 valence electrons. The Morgan fingerprint density at radius 1 is 1.44 bits per heavy atom. The number of amides is 1. The summed E-state index contributed by atoms with van der Waals surface area (Å²) in [6, 6.07) is 1.72. The lowest BCUT2D eigenvalue weighted by Crippen LogP contribution is -2.42. The minimum absolute atomic E-state index is 0.0220. The van der Waals surface area contributed by atoms with Crippen LogP contribution in [0.15, 0.2) is 23.1 Å². The monoisotopic (exact) mass is 252 g/mol. The minimum atomic E-state index is -1.19. The third-order valence-electron chi connectivity index (χ3n) is 2.87. The molecule has 0 radical (unpaired) electrons. The maximum atomic E-state index is 12.1. The molecular weight excluding hydrogens is 240 g/mol. The summed E-state index contributed by atoms with van der Waals surface area (Å²) in [5.41, 5.74) is -0.703. The van der Waals surface area contributed by atoms with Gasteiger partial charge in [0.15, 0.2) is 0 Å². The second kappa shape index (κ2) is 4.61. The van der Waals surface area contributed by atoms with E-state index in [0.29, 0.717) is 0 Å². The molecule has 0 aliphatic carbocycles. The summed E-state index contributed by atoms with van der Waals surface area (Å²) in [4.78, 5) is 37.9. The fourth-order valence-electron chi connectivity index (χ4n) is 2.02. The molecule has 1 fully saturated rings. The number of β-amino-alcohol motifs (C(OH)–C–C–N with tert-alkyl or cyclic N) is 1. The number of carboxylic acid groups (broad SMARTS) is 1. The lowest BCUT2D eigenvalue weighted by molar-refractivity contribution is -0.141. The zero-order chi connectivity index (χ0) is 13.3. The number of aromatic amines is 1. The Morgan fingerprint density at radius 2 is 2.17 bits per heavy atom. The Morgan fingerprint density at radius 3 is 2.78 bits per heavy atom. The number of nitrogens with zero attached hydrogens (tertiary/aromatic N) is 1. The number of pyridine rings is 1. The standard InChI is InChI=1S/C11H12N2O5/c14-6-4-8(11(17)18)13(5-6)10(16)7-2-1-3-12-9(7)15/h1-3,6,8,14H,4-5H2,(H,12,15)(H,17,18)/t6-,8+/m1/s1. The molecule has 1 aromatic heterocycles. The van der Waals surface area contributed by atoms with Crippen LogP contribution in [0.5, 0.6) is 0 Å². The predicted octanol–water partition coefficient (Wildman–Crippen LogP) is -0.965. The molecule has 0 unspecified atom stereocenters. The van der Waals surface area contributed by atoms with E-state index >= 15 is 0 Å². The third kappa shape index (κ3) is 2.12. The smallest absolute Gasteiger partial charge is 0.326 e. The molecule has 0 spiro atoms. The van der Waals surface area contributed by atoms with Crippen molar-refractivity contribution in [2.24, 2.45) is 0 Å². The van der Waals surface area contributed by atoms with Crippen LogP contribution >= 0.6 is 0 Å². The van der Waals surface area contributed by atoms with Gasteiger partial charge in [-0.05, 0) is 12.1 Å². The molecular formula is C11H12N2O5. The first-order valence-corrected chi connectivity index (χ1v) is 5.40. The summed E-state index contributed by atoms with van der Waals surface area (Å²) in [5.74, 6) is -1.87. The van der Waals surface area contributed by atoms with Gasteiger partial charge in [0.1, 0.15) is 11.6 Å². The van der Waals surface area contributed by atoms with Gasteiger partial charge in [0, 0.05) is 19.2 Å². The van der Waals surface area contributed by atoms with Crippen molar-refractivity contribution in [2.45, 2.75) is 18.6 Å². The highest BCUT2D eigenvalue weighted by Crippen LogP contribution is 2.19. The van der Waals surface area contributed by atoms with Crippen molar-refractivity contribution >= 4 is 11.9 Å². The molecule has 0 bridgehead atoms. The number of hydrogen-bond donors (Lipinski definition) is 3. The number of carbonyl (C=O) groups is 2. The molecule has 7 heteroatoms. The number of H-pyrrole nitrogens is 1.